The average Bonchev–Trinajstić information content (AvgIpc) is 1.86. The summed E-state index contributed by atoms with van der Waals surface area (Å²) in [5, 5.41) is 0. The lowest BCUT2D eigenvalue weighted by Crippen LogP contribution is -2.18. The molecule has 10 heavy (non-hydrogen) atoms. The van der Waals surface area contributed by atoms with Gasteiger partial charge in [0.15, 0.2) is 0 Å². The normalized spacial score (nSPS) is 13.6. The molecule has 0 N–H and O–H groups in total. The summed E-state index contributed by atoms with van der Waals surface area (Å²) in [5.41, 5.74) is 0. The number of carbonyl (C=O) groups is 1. The summed E-state index contributed by atoms with van der Waals surface area (Å²) in [6, 6.07) is 0. The Morgan fingerprint density at radius 2 is 2.10 bits per heavy atom. The Bertz CT molecular complexity index is 89.3. The van der Waals surface area contributed by atoms with Gasteiger partial charge < -0.3 is 9.53 Å². The average molecular weight is 144 g/mol. The van der Waals surface area contributed by atoms with E-state index in [1.807, 2.05) is 20.8 Å². The first-order valence-corrected chi connectivity index (χ1v) is 3.81. The Morgan fingerprint density at radius 1 is 1.50 bits per heavy atom. The predicted molar refractivity (Wildman–Crippen MR) is 41.0 cm³/mol. The topological polar surface area (TPSA) is 26.3 Å². The van der Waals surface area contributed by atoms with Gasteiger partial charge in [0.1, 0.15) is 12.4 Å². The van der Waals surface area contributed by atoms with Crippen molar-refractivity contribution in [1.29, 1.82) is 0 Å². The summed E-state index contributed by atoms with van der Waals surface area (Å²) < 4.78 is 5.27. The van der Waals surface area contributed by atoms with Crippen molar-refractivity contribution in [3.63, 3.8) is 0 Å². The second kappa shape index (κ2) is 5.42. The third-order valence-corrected chi connectivity index (χ3v) is 1.17. The molecule has 0 aliphatic carbocycles. The number of hydrogen-bond acceptors (Lipinski definition) is 2. The van der Waals surface area contributed by atoms with Gasteiger partial charge in [-0.25, -0.2) is 0 Å². The molecule has 1 unspecified atom stereocenters. The van der Waals surface area contributed by atoms with Crippen molar-refractivity contribution in [2.75, 3.05) is 0 Å². The molecule has 0 aromatic heterocycles. The predicted octanol–water partition coefficient (Wildman–Crippen LogP) is 1.78. The van der Waals surface area contributed by atoms with E-state index in [9.17, 15) is 4.79 Å². The number of aldehydes is 1. The minimum absolute atomic E-state index is 0.154. The summed E-state index contributed by atoms with van der Waals surface area (Å²) in [6.07, 6.45) is 2.67. The number of hydrogen-bond donors (Lipinski definition) is 0. The monoisotopic (exact) mass is 144 g/mol. The van der Waals surface area contributed by atoms with Crippen molar-refractivity contribution in [2.24, 2.45) is 0 Å². The van der Waals surface area contributed by atoms with Gasteiger partial charge in [0, 0.05) is 0 Å². The molecule has 0 amide bonds. The van der Waals surface area contributed by atoms with E-state index < -0.39 is 0 Å². The molecule has 0 rings (SSSR count). The lowest BCUT2D eigenvalue weighted by atomic mass is 10.2. The first-order chi connectivity index (χ1) is 4.70. The van der Waals surface area contributed by atoms with Crippen LogP contribution < -0.4 is 0 Å². The molecule has 0 radical (unpaired) electrons. The lowest BCUT2D eigenvalue weighted by Gasteiger charge is -2.13. The fourth-order valence-electron chi connectivity index (χ4n) is 0.802. The van der Waals surface area contributed by atoms with Crippen LogP contribution in [0.1, 0.15) is 33.6 Å². The van der Waals surface area contributed by atoms with E-state index in [1.54, 1.807) is 0 Å². The Labute approximate surface area is 62.6 Å². The summed E-state index contributed by atoms with van der Waals surface area (Å²) in [5.74, 6) is 0. The van der Waals surface area contributed by atoms with Gasteiger partial charge in [0.05, 0.1) is 6.10 Å². The molecule has 0 spiro atoms. The molecule has 2 heteroatoms. The second-order valence-electron chi connectivity index (χ2n) is 2.65. The molecule has 0 aromatic rings. The highest BCUT2D eigenvalue weighted by Crippen LogP contribution is 2.02. The molecule has 0 aliphatic rings. The smallest absolute Gasteiger partial charge is 0.148 e. The highest BCUT2D eigenvalue weighted by Gasteiger charge is 2.06. The minimum Gasteiger partial charge on any atom is -0.368 e. The molecule has 0 aromatic carbocycles. The Hall–Kier alpha value is -0.370. The van der Waals surface area contributed by atoms with Crippen molar-refractivity contribution in [3.05, 3.63) is 0 Å². The van der Waals surface area contributed by atoms with Gasteiger partial charge in [0.2, 0.25) is 0 Å². The molecular weight excluding hydrogens is 128 g/mol. The molecule has 0 saturated carbocycles. The zero-order valence-corrected chi connectivity index (χ0v) is 6.96. The molecule has 0 bridgehead atoms. The van der Waals surface area contributed by atoms with Gasteiger partial charge >= 0.3 is 0 Å². The molecule has 0 fully saturated rings. The highest BCUT2D eigenvalue weighted by molar-refractivity contribution is 5.55. The fourth-order valence-corrected chi connectivity index (χ4v) is 0.802. The zero-order chi connectivity index (χ0) is 7.98. The van der Waals surface area contributed by atoms with Crippen LogP contribution in [0.15, 0.2) is 0 Å². The van der Waals surface area contributed by atoms with E-state index in [2.05, 4.69) is 0 Å². The third kappa shape index (κ3) is 4.50. The van der Waals surface area contributed by atoms with Crippen LogP contribution in [0.2, 0.25) is 0 Å². The standard InChI is InChI=1S/C8H16O2/c1-4-5-8(6-9)10-7(2)3/h6-8H,4-5H2,1-3H3. The highest BCUT2D eigenvalue weighted by atomic mass is 16.5. The van der Waals surface area contributed by atoms with Crippen molar-refractivity contribution in [1.82, 2.24) is 0 Å². The van der Waals surface area contributed by atoms with Gasteiger partial charge in [0.25, 0.3) is 0 Å². The summed E-state index contributed by atoms with van der Waals surface area (Å²) in [6.45, 7) is 5.92. The van der Waals surface area contributed by atoms with Crippen LogP contribution in [0.4, 0.5) is 0 Å². The maximum atomic E-state index is 10.3. The third-order valence-electron chi connectivity index (χ3n) is 1.17. The minimum atomic E-state index is -0.190. The lowest BCUT2D eigenvalue weighted by molar-refractivity contribution is -0.121. The first kappa shape index (κ1) is 9.63. The van der Waals surface area contributed by atoms with Crippen LogP contribution in [-0.2, 0) is 9.53 Å². The van der Waals surface area contributed by atoms with Crippen molar-refractivity contribution >= 4 is 6.29 Å². The van der Waals surface area contributed by atoms with Gasteiger partial charge in [-0.15, -0.1) is 0 Å². The van der Waals surface area contributed by atoms with E-state index in [0.717, 1.165) is 19.1 Å². The molecule has 60 valence electrons. The van der Waals surface area contributed by atoms with Crippen LogP contribution >= 0.6 is 0 Å². The van der Waals surface area contributed by atoms with Crippen LogP contribution in [0.5, 0.6) is 0 Å². The van der Waals surface area contributed by atoms with Crippen LogP contribution in [-0.4, -0.2) is 18.5 Å². The van der Waals surface area contributed by atoms with E-state index in [4.69, 9.17) is 4.74 Å². The maximum Gasteiger partial charge on any atom is 0.148 e. The second-order valence-corrected chi connectivity index (χ2v) is 2.65. The largest absolute Gasteiger partial charge is 0.368 e. The number of ether oxygens (including phenoxy) is 1. The van der Waals surface area contributed by atoms with Crippen LogP contribution in [0, 0.1) is 0 Å². The number of carbonyl (C=O) groups excluding carboxylic acids is 1. The molecule has 0 heterocycles. The summed E-state index contributed by atoms with van der Waals surface area (Å²) in [7, 11) is 0. The zero-order valence-electron chi connectivity index (χ0n) is 6.96. The quantitative estimate of drug-likeness (QED) is 0.550. The van der Waals surface area contributed by atoms with Gasteiger partial charge in [-0.05, 0) is 20.3 Å². The van der Waals surface area contributed by atoms with Gasteiger partial charge in [-0.1, -0.05) is 13.3 Å². The molecule has 1 atom stereocenters. The van der Waals surface area contributed by atoms with Crippen LogP contribution in [0.25, 0.3) is 0 Å². The molecule has 2 nitrogen and oxygen atoms in total. The maximum absolute atomic E-state index is 10.3. The number of rotatable bonds is 5. The van der Waals surface area contributed by atoms with E-state index in [-0.39, 0.29) is 12.2 Å². The Kier molecular flexibility index (Phi) is 5.22. The Balaban J connectivity index is 3.49. The summed E-state index contributed by atoms with van der Waals surface area (Å²) >= 11 is 0. The van der Waals surface area contributed by atoms with Crippen LogP contribution in [0.3, 0.4) is 0 Å². The molecule has 0 aliphatic heterocycles. The van der Waals surface area contributed by atoms with Crippen molar-refractivity contribution in [2.45, 2.75) is 45.8 Å². The summed E-state index contributed by atoms with van der Waals surface area (Å²) in [4.78, 5) is 10.3. The fraction of sp³-hybridized carbons (Fsp3) is 0.875. The van der Waals surface area contributed by atoms with Crippen molar-refractivity contribution in [3.8, 4) is 0 Å². The van der Waals surface area contributed by atoms with Gasteiger partial charge in [-0.3, -0.25) is 0 Å². The molecular formula is C8H16O2. The van der Waals surface area contributed by atoms with Gasteiger partial charge in [-0.2, -0.15) is 0 Å². The SMILES string of the molecule is CCCC(C=O)OC(C)C. The molecule has 0 saturated heterocycles. The van der Waals surface area contributed by atoms with Crippen molar-refractivity contribution < 1.29 is 9.53 Å². The van der Waals surface area contributed by atoms with E-state index >= 15 is 0 Å². The first-order valence-electron chi connectivity index (χ1n) is 3.81. The van der Waals surface area contributed by atoms with E-state index in [1.165, 1.54) is 0 Å². The Morgan fingerprint density at radius 3 is 2.40 bits per heavy atom. The van der Waals surface area contributed by atoms with E-state index in [0.29, 0.717) is 0 Å².